The van der Waals surface area contributed by atoms with Crippen LogP contribution in [0.3, 0.4) is 0 Å². The number of amides is 2. The second-order valence-corrected chi connectivity index (χ2v) is 6.35. The monoisotopic (exact) mass is 345 g/mol. The quantitative estimate of drug-likeness (QED) is 0.652. The molecule has 2 amide bonds. The summed E-state index contributed by atoms with van der Waals surface area (Å²) in [4.78, 5) is 24.6. The van der Waals surface area contributed by atoms with E-state index in [9.17, 15) is 9.59 Å². The van der Waals surface area contributed by atoms with Crippen LogP contribution in [0.5, 0.6) is 0 Å². The van der Waals surface area contributed by atoms with Crippen molar-refractivity contribution in [2.45, 2.75) is 19.4 Å². The Morgan fingerprint density at radius 1 is 1.00 bits per heavy atom. The molecule has 24 heavy (non-hydrogen) atoms. The van der Waals surface area contributed by atoms with E-state index < -0.39 is 0 Å². The normalized spacial score (nSPS) is 11.7. The lowest BCUT2D eigenvalue weighted by atomic mass is 10.1. The summed E-state index contributed by atoms with van der Waals surface area (Å²) in [5.41, 5.74) is 1.11. The molecule has 1 heterocycles. The summed E-state index contributed by atoms with van der Waals surface area (Å²) < 4.78 is 0. The molecule has 0 unspecified atom stereocenters. The lowest BCUT2D eigenvalue weighted by molar-refractivity contribution is -0.125. The minimum atomic E-state index is -0.195. The van der Waals surface area contributed by atoms with Crippen LogP contribution < -0.4 is 16.0 Å². The third kappa shape index (κ3) is 5.79. The van der Waals surface area contributed by atoms with Crippen molar-refractivity contribution in [1.29, 1.82) is 0 Å². The molecule has 0 aliphatic carbocycles. The van der Waals surface area contributed by atoms with E-state index in [1.165, 1.54) is 0 Å². The van der Waals surface area contributed by atoms with Crippen LogP contribution in [-0.2, 0) is 9.59 Å². The largest absolute Gasteiger partial charge is 0.355 e. The van der Waals surface area contributed by atoms with E-state index in [4.69, 9.17) is 0 Å². The first kappa shape index (κ1) is 18.2. The highest BCUT2D eigenvalue weighted by atomic mass is 32.1. The van der Waals surface area contributed by atoms with Crippen molar-refractivity contribution in [3.05, 3.63) is 58.3 Å². The zero-order valence-electron chi connectivity index (χ0n) is 13.7. The average molecular weight is 345 g/mol. The summed E-state index contributed by atoms with van der Waals surface area (Å²) in [5, 5.41) is 10.7. The summed E-state index contributed by atoms with van der Waals surface area (Å²) in [5.74, 6) is -0.359. The Kier molecular flexibility index (Phi) is 7.45. The van der Waals surface area contributed by atoms with E-state index in [2.05, 4.69) is 16.0 Å². The van der Waals surface area contributed by atoms with Crippen LogP contribution in [0.15, 0.2) is 47.8 Å². The van der Waals surface area contributed by atoms with Gasteiger partial charge in [-0.05, 0) is 23.4 Å². The van der Waals surface area contributed by atoms with Gasteiger partial charge in [-0.2, -0.15) is 0 Å². The third-order valence-corrected chi connectivity index (χ3v) is 4.38. The van der Waals surface area contributed by atoms with Crippen LogP contribution in [0.1, 0.15) is 29.8 Å². The number of rotatable bonds is 9. The molecule has 1 aromatic carbocycles. The van der Waals surface area contributed by atoms with Gasteiger partial charge in [0.2, 0.25) is 11.8 Å². The van der Waals surface area contributed by atoms with Crippen molar-refractivity contribution in [2.24, 2.45) is 0 Å². The molecule has 2 aromatic rings. The van der Waals surface area contributed by atoms with Gasteiger partial charge in [0.05, 0.1) is 19.1 Å². The highest BCUT2D eigenvalue weighted by Gasteiger charge is 2.16. The van der Waals surface area contributed by atoms with E-state index >= 15 is 0 Å². The fourth-order valence-corrected chi connectivity index (χ4v) is 3.07. The highest BCUT2D eigenvalue weighted by molar-refractivity contribution is 7.10. The predicted octanol–water partition coefficient (Wildman–Crippen LogP) is 2.07. The minimum Gasteiger partial charge on any atom is -0.355 e. The minimum absolute atomic E-state index is 0.00944. The Morgan fingerprint density at radius 2 is 1.75 bits per heavy atom. The maximum absolute atomic E-state index is 12.0. The zero-order chi connectivity index (χ0) is 17.2. The molecule has 0 radical (unpaired) electrons. The number of benzene rings is 1. The van der Waals surface area contributed by atoms with Crippen molar-refractivity contribution in [3.63, 3.8) is 0 Å². The number of thiophene rings is 1. The van der Waals surface area contributed by atoms with Crippen LogP contribution in [0.2, 0.25) is 0 Å². The Bertz CT molecular complexity index is 629. The molecule has 5 nitrogen and oxygen atoms in total. The number of carbonyl (C=O) groups excluding carboxylic acids is 2. The van der Waals surface area contributed by atoms with Gasteiger partial charge in [-0.1, -0.05) is 43.3 Å². The van der Waals surface area contributed by atoms with Gasteiger partial charge in [0.25, 0.3) is 0 Å². The van der Waals surface area contributed by atoms with E-state index in [-0.39, 0.29) is 30.9 Å². The molecule has 6 heteroatoms. The number of carbonyl (C=O) groups is 2. The Hall–Kier alpha value is -2.18. The Morgan fingerprint density at radius 3 is 2.42 bits per heavy atom. The van der Waals surface area contributed by atoms with E-state index in [0.717, 1.165) is 16.9 Å². The molecule has 0 aliphatic heterocycles. The molecule has 0 aliphatic rings. The first-order chi connectivity index (χ1) is 11.7. The first-order valence-corrected chi connectivity index (χ1v) is 8.93. The number of nitrogens with one attached hydrogen (secondary N) is 3. The SMILES string of the molecule is CCCNC(=O)CNC(=O)CN[C@@H](c1ccccc1)c1cccs1. The maximum Gasteiger partial charge on any atom is 0.239 e. The molecular weight excluding hydrogens is 322 g/mol. The predicted molar refractivity (Wildman–Crippen MR) is 96.9 cm³/mol. The molecular formula is C18H23N3O2S. The van der Waals surface area contributed by atoms with E-state index in [1.54, 1.807) is 11.3 Å². The molecule has 1 atom stereocenters. The average Bonchev–Trinajstić information content (AvgIpc) is 3.13. The number of hydrogen-bond acceptors (Lipinski definition) is 4. The van der Waals surface area contributed by atoms with Gasteiger partial charge >= 0.3 is 0 Å². The molecule has 0 spiro atoms. The Balaban J connectivity index is 1.87. The second kappa shape index (κ2) is 9.85. The molecule has 1 aromatic heterocycles. The summed E-state index contributed by atoms with van der Waals surface area (Å²) in [6.07, 6.45) is 0.876. The van der Waals surface area contributed by atoms with Crippen LogP contribution in [-0.4, -0.2) is 31.4 Å². The molecule has 3 N–H and O–H groups in total. The van der Waals surface area contributed by atoms with Crippen molar-refractivity contribution in [1.82, 2.24) is 16.0 Å². The second-order valence-electron chi connectivity index (χ2n) is 5.37. The Labute approximate surface area is 146 Å². The zero-order valence-corrected chi connectivity index (χ0v) is 14.6. The maximum atomic E-state index is 12.0. The third-order valence-electron chi connectivity index (χ3n) is 3.45. The van der Waals surface area contributed by atoms with Crippen molar-refractivity contribution >= 4 is 23.2 Å². The molecule has 128 valence electrons. The lowest BCUT2D eigenvalue weighted by Crippen LogP contribution is -2.41. The smallest absolute Gasteiger partial charge is 0.239 e. The summed E-state index contributed by atoms with van der Waals surface area (Å²) >= 11 is 1.65. The summed E-state index contributed by atoms with van der Waals surface area (Å²) in [7, 11) is 0. The summed E-state index contributed by atoms with van der Waals surface area (Å²) in [6, 6.07) is 14.0. The topological polar surface area (TPSA) is 70.2 Å². The molecule has 0 saturated carbocycles. The van der Waals surface area contributed by atoms with Gasteiger partial charge in [0.15, 0.2) is 0 Å². The van der Waals surface area contributed by atoms with Crippen LogP contribution in [0, 0.1) is 0 Å². The van der Waals surface area contributed by atoms with Gasteiger partial charge in [-0.25, -0.2) is 0 Å². The van der Waals surface area contributed by atoms with Gasteiger partial charge in [-0.3, -0.25) is 14.9 Å². The number of hydrogen-bond donors (Lipinski definition) is 3. The molecule has 0 saturated heterocycles. The van der Waals surface area contributed by atoms with Gasteiger partial charge in [0, 0.05) is 11.4 Å². The van der Waals surface area contributed by atoms with Crippen LogP contribution in [0.4, 0.5) is 0 Å². The van der Waals surface area contributed by atoms with Gasteiger partial charge < -0.3 is 10.6 Å². The van der Waals surface area contributed by atoms with Crippen molar-refractivity contribution < 1.29 is 9.59 Å². The summed E-state index contributed by atoms with van der Waals surface area (Å²) in [6.45, 7) is 2.77. The fourth-order valence-electron chi connectivity index (χ4n) is 2.25. The molecule has 0 bridgehead atoms. The molecule has 0 fully saturated rings. The van der Waals surface area contributed by atoms with Gasteiger partial charge in [0.1, 0.15) is 0 Å². The molecule has 2 rings (SSSR count). The van der Waals surface area contributed by atoms with Gasteiger partial charge in [-0.15, -0.1) is 11.3 Å². The highest BCUT2D eigenvalue weighted by Crippen LogP contribution is 2.25. The fraction of sp³-hybridized carbons (Fsp3) is 0.333. The van der Waals surface area contributed by atoms with E-state index in [0.29, 0.717) is 6.54 Å². The lowest BCUT2D eigenvalue weighted by Gasteiger charge is -2.18. The first-order valence-electron chi connectivity index (χ1n) is 8.05. The van der Waals surface area contributed by atoms with Crippen molar-refractivity contribution in [3.8, 4) is 0 Å². The van der Waals surface area contributed by atoms with Crippen molar-refractivity contribution in [2.75, 3.05) is 19.6 Å². The van der Waals surface area contributed by atoms with E-state index in [1.807, 2.05) is 54.8 Å². The van der Waals surface area contributed by atoms with Crippen LogP contribution in [0.25, 0.3) is 0 Å². The standard InChI is InChI=1S/C18H23N3O2S/c1-2-10-19-16(22)12-20-17(23)13-21-18(15-9-6-11-24-15)14-7-4-3-5-8-14/h3-9,11,18,21H,2,10,12-13H2,1H3,(H,19,22)(H,20,23)/t18-/m0/s1. The van der Waals surface area contributed by atoms with Crippen LogP contribution >= 0.6 is 11.3 Å².